The van der Waals surface area contributed by atoms with Crippen LogP contribution < -0.4 is 0 Å². The fraction of sp³-hybridized carbons (Fsp3) is 0.455. The van der Waals surface area contributed by atoms with E-state index in [9.17, 15) is 5.11 Å². The average molecular weight is 343 g/mol. The predicted octanol–water partition coefficient (Wildman–Crippen LogP) is 6.08. The lowest BCUT2D eigenvalue weighted by molar-refractivity contribution is 0.357. The summed E-state index contributed by atoms with van der Waals surface area (Å²) < 4.78 is 0. The van der Waals surface area contributed by atoms with Gasteiger partial charge in [-0.3, -0.25) is 0 Å². The van der Waals surface area contributed by atoms with E-state index in [2.05, 4.69) is 77.6 Å². The highest BCUT2D eigenvalue weighted by Gasteiger charge is 2.21. The Bertz CT molecular complexity index is 695. The maximum absolute atomic E-state index is 10.2. The Morgan fingerprint density at radius 3 is 2.12 bits per heavy atom. The van der Waals surface area contributed by atoms with Crippen LogP contribution in [0.4, 0.5) is 0 Å². The molecule has 1 nitrogen and oxygen atoms in total. The molecule has 130 valence electrons. The standard InChI is InChI=1S/C22H30OS/c1-21(2,3)14-18-12-16(10-11-19(18)23)13-22(4,5)15-17-8-6-7-9-20(17)24/h6-12,23-24H,13-15H2,1-5H3. The molecule has 0 amide bonds. The SMILES string of the molecule is CC(C)(C)Cc1cc(CC(C)(C)Cc2ccccc2S)ccc1O. The van der Waals surface area contributed by atoms with Crippen molar-refractivity contribution in [2.75, 3.05) is 0 Å². The second kappa shape index (κ2) is 7.23. The number of rotatable bonds is 5. The summed E-state index contributed by atoms with van der Waals surface area (Å²) in [5, 5.41) is 10.2. The van der Waals surface area contributed by atoms with Crippen LogP contribution in [-0.4, -0.2) is 5.11 Å². The van der Waals surface area contributed by atoms with Crippen LogP contribution in [0, 0.1) is 10.8 Å². The molecule has 0 saturated heterocycles. The largest absolute Gasteiger partial charge is 0.508 e. The van der Waals surface area contributed by atoms with Gasteiger partial charge in [-0.2, -0.15) is 0 Å². The minimum atomic E-state index is 0.134. The first-order valence-corrected chi connectivity index (χ1v) is 9.08. The lowest BCUT2D eigenvalue weighted by atomic mass is 9.79. The van der Waals surface area contributed by atoms with Gasteiger partial charge in [0.2, 0.25) is 0 Å². The topological polar surface area (TPSA) is 20.2 Å². The van der Waals surface area contributed by atoms with Crippen molar-refractivity contribution in [1.82, 2.24) is 0 Å². The summed E-state index contributed by atoms with van der Waals surface area (Å²) >= 11 is 4.58. The molecule has 0 aliphatic heterocycles. The molecule has 2 rings (SSSR count). The zero-order valence-electron chi connectivity index (χ0n) is 15.6. The number of aromatic hydroxyl groups is 1. The molecular weight excluding hydrogens is 312 g/mol. The molecule has 0 saturated carbocycles. The van der Waals surface area contributed by atoms with E-state index in [4.69, 9.17) is 0 Å². The minimum absolute atomic E-state index is 0.134. The third kappa shape index (κ3) is 5.59. The van der Waals surface area contributed by atoms with Crippen LogP contribution in [0.2, 0.25) is 0 Å². The Hall–Kier alpha value is -1.41. The molecule has 2 aromatic rings. The van der Waals surface area contributed by atoms with Gasteiger partial charge in [-0.25, -0.2) is 0 Å². The van der Waals surface area contributed by atoms with Gasteiger partial charge in [-0.05, 0) is 58.9 Å². The van der Waals surface area contributed by atoms with Crippen molar-refractivity contribution in [3.05, 3.63) is 59.2 Å². The van der Waals surface area contributed by atoms with Crippen molar-refractivity contribution >= 4 is 12.6 Å². The second-order valence-corrected chi connectivity index (χ2v) is 9.33. The van der Waals surface area contributed by atoms with Crippen molar-refractivity contribution in [1.29, 1.82) is 0 Å². The molecule has 0 fully saturated rings. The van der Waals surface area contributed by atoms with Gasteiger partial charge >= 0.3 is 0 Å². The fourth-order valence-electron chi connectivity index (χ4n) is 3.25. The number of phenols is 1. The molecule has 0 radical (unpaired) electrons. The molecule has 2 aromatic carbocycles. The number of thiol groups is 1. The van der Waals surface area contributed by atoms with Gasteiger partial charge in [0.1, 0.15) is 5.75 Å². The molecule has 0 aliphatic carbocycles. The van der Waals surface area contributed by atoms with E-state index in [-0.39, 0.29) is 10.8 Å². The van der Waals surface area contributed by atoms with Gasteiger partial charge < -0.3 is 5.11 Å². The van der Waals surface area contributed by atoms with E-state index in [1.807, 2.05) is 12.1 Å². The van der Waals surface area contributed by atoms with Crippen LogP contribution in [-0.2, 0) is 19.3 Å². The number of hydrogen-bond acceptors (Lipinski definition) is 2. The summed E-state index contributed by atoms with van der Waals surface area (Å²) in [4.78, 5) is 1.06. The summed E-state index contributed by atoms with van der Waals surface area (Å²) in [6, 6.07) is 14.4. The Balaban J connectivity index is 2.17. The summed E-state index contributed by atoms with van der Waals surface area (Å²) in [6.07, 6.45) is 2.85. The molecule has 1 N–H and O–H groups in total. The summed E-state index contributed by atoms with van der Waals surface area (Å²) in [7, 11) is 0. The van der Waals surface area contributed by atoms with Gasteiger partial charge in [0.25, 0.3) is 0 Å². The van der Waals surface area contributed by atoms with Crippen LogP contribution in [0.3, 0.4) is 0 Å². The zero-order chi connectivity index (χ0) is 18.0. The second-order valence-electron chi connectivity index (χ2n) is 8.85. The Kier molecular flexibility index (Phi) is 5.70. The third-order valence-corrected chi connectivity index (χ3v) is 4.64. The first-order chi connectivity index (χ1) is 11.1. The Morgan fingerprint density at radius 1 is 0.833 bits per heavy atom. The Labute approximate surface area is 152 Å². The van der Waals surface area contributed by atoms with Crippen molar-refractivity contribution < 1.29 is 5.11 Å². The van der Waals surface area contributed by atoms with E-state index >= 15 is 0 Å². The van der Waals surface area contributed by atoms with E-state index in [1.54, 1.807) is 0 Å². The van der Waals surface area contributed by atoms with Crippen molar-refractivity contribution in [3.8, 4) is 5.75 Å². The lowest BCUT2D eigenvalue weighted by Crippen LogP contribution is -2.19. The number of benzene rings is 2. The first-order valence-electron chi connectivity index (χ1n) is 8.63. The molecule has 0 atom stereocenters. The molecule has 0 unspecified atom stereocenters. The van der Waals surface area contributed by atoms with Gasteiger partial charge in [0, 0.05) is 4.90 Å². The number of phenolic OH excluding ortho intramolecular Hbond substituents is 1. The molecular formula is C22H30OS. The van der Waals surface area contributed by atoms with Gasteiger partial charge in [-0.15, -0.1) is 12.6 Å². The maximum atomic E-state index is 10.2. The summed E-state index contributed by atoms with van der Waals surface area (Å²) in [6.45, 7) is 11.2. The molecule has 0 bridgehead atoms. The van der Waals surface area contributed by atoms with Gasteiger partial charge in [0.15, 0.2) is 0 Å². The van der Waals surface area contributed by atoms with E-state index < -0.39 is 0 Å². The van der Waals surface area contributed by atoms with Gasteiger partial charge in [0.05, 0.1) is 0 Å². The quantitative estimate of drug-likeness (QED) is 0.631. The van der Waals surface area contributed by atoms with Crippen LogP contribution in [0.1, 0.15) is 51.3 Å². The van der Waals surface area contributed by atoms with Crippen molar-refractivity contribution in [2.45, 2.75) is 58.8 Å². The monoisotopic (exact) mass is 342 g/mol. The minimum Gasteiger partial charge on any atom is -0.508 e. The summed E-state index contributed by atoms with van der Waals surface area (Å²) in [5.41, 5.74) is 3.92. The number of hydrogen-bond donors (Lipinski definition) is 2. The first kappa shape index (κ1) is 18.9. The van der Waals surface area contributed by atoms with Crippen LogP contribution in [0.25, 0.3) is 0 Å². The predicted molar refractivity (Wildman–Crippen MR) is 106 cm³/mol. The normalized spacial score (nSPS) is 12.4. The van der Waals surface area contributed by atoms with E-state index in [1.165, 1.54) is 11.1 Å². The smallest absolute Gasteiger partial charge is 0.118 e. The molecule has 0 aromatic heterocycles. The van der Waals surface area contributed by atoms with E-state index in [0.29, 0.717) is 5.75 Å². The molecule has 0 aliphatic rings. The maximum Gasteiger partial charge on any atom is 0.118 e. The highest BCUT2D eigenvalue weighted by molar-refractivity contribution is 7.80. The van der Waals surface area contributed by atoms with Crippen LogP contribution in [0.5, 0.6) is 5.75 Å². The van der Waals surface area contributed by atoms with Gasteiger partial charge in [-0.1, -0.05) is 65.0 Å². The lowest BCUT2D eigenvalue weighted by Gasteiger charge is -2.26. The highest BCUT2D eigenvalue weighted by Crippen LogP contribution is 2.32. The van der Waals surface area contributed by atoms with Crippen LogP contribution in [0.15, 0.2) is 47.4 Å². The fourth-order valence-corrected chi connectivity index (χ4v) is 3.49. The zero-order valence-corrected chi connectivity index (χ0v) is 16.5. The molecule has 24 heavy (non-hydrogen) atoms. The summed E-state index contributed by atoms with van der Waals surface area (Å²) in [5.74, 6) is 0.409. The van der Waals surface area contributed by atoms with E-state index in [0.717, 1.165) is 29.7 Å². The Morgan fingerprint density at radius 2 is 1.50 bits per heavy atom. The average Bonchev–Trinajstić information content (AvgIpc) is 2.43. The van der Waals surface area contributed by atoms with Crippen molar-refractivity contribution in [2.24, 2.45) is 10.8 Å². The molecule has 2 heteroatoms. The molecule has 0 heterocycles. The third-order valence-electron chi connectivity index (χ3n) is 4.21. The van der Waals surface area contributed by atoms with Crippen LogP contribution >= 0.6 is 12.6 Å². The molecule has 0 spiro atoms. The highest BCUT2D eigenvalue weighted by atomic mass is 32.1. The van der Waals surface area contributed by atoms with Crippen molar-refractivity contribution in [3.63, 3.8) is 0 Å².